The van der Waals surface area contributed by atoms with Crippen molar-refractivity contribution < 1.29 is 19.4 Å². The average molecular weight is 370 g/mol. The lowest BCUT2D eigenvalue weighted by atomic mass is 9.80. The van der Waals surface area contributed by atoms with E-state index in [1.54, 1.807) is 0 Å². The molecule has 0 radical (unpaired) electrons. The number of nitro groups is 2. The Labute approximate surface area is 152 Å². The second-order valence-electron chi connectivity index (χ2n) is 7.56. The summed E-state index contributed by atoms with van der Waals surface area (Å²) >= 11 is 0. The summed E-state index contributed by atoms with van der Waals surface area (Å²) in [7, 11) is 0. The number of fused-ring (bicyclic) bond motifs is 3. The molecule has 10 heteroatoms. The zero-order valence-corrected chi connectivity index (χ0v) is 13.9. The molecule has 3 aliphatic carbocycles. The number of hydrogen-bond donors (Lipinski definition) is 1. The largest absolute Gasteiger partial charge is 0.301 e. The fourth-order valence-electron chi connectivity index (χ4n) is 5.22. The Balaban J connectivity index is 1.57. The number of non-ortho nitro benzene ring substituents is 1. The van der Waals surface area contributed by atoms with Crippen LogP contribution in [0.4, 0.5) is 17.1 Å². The molecular weight excluding hydrogens is 356 g/mol. The Morgan fingerprint density at radius 2 is 1.70 bits per heavy atom. The molecule has 1 aliphatic heterocycles. The van der Waals surface area contributed by atoms with E-state index in [1.165, 1.54) is 0 Å². The van der Waals surface area contributed by atoms with Crippen LogP contribution in [0.1, 0.15) is 12.8 Å². The van der Waals surface area contributed by atoms with Gasteiger partial charge in [0, 0.05) is 6.07 Å². The van der Waals surface area contributed by atoms with Crippen molar-refractivity contribution in [3.05, 3.63) is 50.6 Å². The maximum atomic E-state index is 13.2. The average Bonchev–Trinajstić information content (AvgIpc) is 3.30. The van der Waals surface area contributed by atoms with Crippen molar-refractivity contribution in [3.63, 3.8) is 0 Å². The normalized spacial score (nSPS) is 31.8. The molecule has 4 aliphatic rings. The van der Waals surface area contributed by atoms with Crippen molar-refractivity contribution in [1.82, 2.24) is 5.43 Å². The van der Waals surface area contributed by atoms with Crippen LogP contribution in [0.25, 0.3) is 0 Å². The van der Waals surface area contributed by atoms with E-state index in [-0.39, 0.29) is 28.8 Å². The summed E-state index contributed by atoms with van der Waals surface area (Å²) < 4.78 is 0. The lowest BCUT2D eigenvalue weighted by Crippen LogP contribution is -2.60. The first kappa shape index (κ1) is 15.9. The van der Waals surface area contributed by atoms with Crippen LogP contribution in [-0.2, 0) is 9.59 Å². The standard InChI is InChI=1S/C17H14N4O6/c22-15-13-9-2-3-10(17(9)5-6-17)14(13)16(23)19(18-15)11-4-1-8(20(24)25)7-12(11)21(26)27/h1-4,7,9-10,13-14H,5-6H2,(H,18,22). The van der Waals surface area contributed by atoms with Crippen molar-refractivity contribution in [1.29, 1.82) is 0 Å². The lowest BCUT2D eigenvalue weighted by molar-refractivity contribution is -0.393. The fourth-order valence-corrected chi connectivity index (χ4v) is 5.22. The number of amides is 2. The van der Waals surface area contributed by atoms with Crippen LogP contribution in [0.3, 0.4) is 0 Å². The number of nitro benzene ring substituents is 2. The van der Waals surface area contributed by atoms with Crippen LogP contribution in [0.2, 0.25) is 0 Å². The second-order valence-corrected chi connectivity index (χ2v) is 7.56. The molecule has 1 spiro atoms. The Kier molecular flexibility index (Phi) is 2.89. The minimum Gasteiger partial charge on any atom is -0.273 e. The zero-order chi connectivity index (χ0) is 19.1. The maximum absolute atomic E-state index is 13.2. The highest BCUT2D eigenvalue weighted by atomic mass is 16.6. The van der Waals surface area contributed by atoms with Gasteiger partial charge in [-0.25, -0.2) is 5.01 Å². The van der Waals surface area contributed by atoms with Gasteiger partial charge in [0.2, 0.25) is 5.91 Å². The predicted molar refractivity (Wildman–Crippen MR) is 90.1 cm³/mol. The summed E-state index contributed by atoms with van der Waals surface area (Å²) in [6, 6.07) is 3.01. The molecule has 1 N–H and O–H groups in total. The minimum atomic E-state index is -0.795. The van der Waals surface area contributed by atoms with Crippen molar-refractivity contribution in [2.45, 2.75) is 12.8 Å². The van der Waals surface area contributed by atoms with Crippen LogP contribution in [0.5, 0.6) is 0 Å². The number of carbonyl (C=O) groups is 2. The number of carbonyl (C=O) groups excluding carboxylic acids is 2. The van der Waals surface area contributed by atoms with E-state index in [1.807, 2.05) is 12.2 Å². The summed E-state index contributed by atoms with van der Waals surface area (Å²) in [4.78, 5) is 46.7. The topological polar surface area (TPSA) is 136 Å². The van der Waals surface area contributed by atoms with E-state index in [0.29, 0.717) is 0 Å². The van der Waals surface area contributed by atoms with Gasteiger partial charge >= 0.3 is 5.69 Å². The van der Waals surface area contributed by atoms with Crippen molar-refractivity contribution in [2.24, 2.45) is 29.1 Å². The number of rotatable bonds is 3. The Morgan fingerprint density at radius 3 is 2.30 bits per heavy atom. The molecule has 4 unspecified atom stereocenters. The molecule has 1 saturated heterocycles. The molecule has 138 valence electrons. The molecule has 5 rings (SSSR count). The van der Waals surface area contributed by atoms with Gasteiger partial charge in [-0.1, -0.05) is 12.2 Å². The predicted octanol–water partition coefficient (Wildman–Crippen LogP) is 1.71. The van der Waals surface area contributed by atoms with Gasteiger partial charge in [0.05, 0.1) is 27.7 Å². The van der Waals surface area contributed by atoms with E-state index in [4.69, 9.17) is 0 Å². The number of nitrogens with zero attached hydrogens (tertiary/aromatic N) is 3. The van der Waals surface area contributed by atoms with Crippen LogP contribution in [0.15, 0.2) is 30.4 Å². The molecule has 1 heterocycles. The third-order valence-corrected chi connectivity index (χ3v) is 6.48. The first-order valence-electron chi connectivity index (χ1n) is 8.61. The molecule has 10 nitrogen and oxygen atoms in total. The Bertz CT molecular complexity index is 968. The van der Waals surface area contributed by atoms with Crippen LogP contribution >= 0.6 is 0 Å². The molecule has 1 aromatic rings. The summed E-state index contributed by atoms with van der Waals surface area (Å²) in [6.45, 7) is 0. The van der Waals surface area contributed by atoms with Gasteiger partial charge in [-0.05, 0) is 36.2 Å². The van der Waals surface area contributed by atoms with Gasteiger partial charge in [-0.2, -0.15) is 0 Å². The summed E-state index contributed by atoms with van der Waals surface area (Å²) in [6.07, 6.45) is 5.97. The van der Waals surface area contributed by atoms with Gasteiger partial charge in [0.25, 0.3) is 11.6 Å². The fraction of sp³-hybridized carbons (Fsp3) is 0.412. The van der Waals surface area contributed by atoms with E-state index in [0.717, 1.165) is 36.0 Å². The lowest BCUT2D eigenvalue weighted by Gasteiger charge is -2.37. The van der Waals surface area contributed by atoms with Crippen LogP contribution < -0.4 is 10.4 Å². The SMILES string of the molecule is O=C1NN(c2ccc([N+](=O)[O-])cc2[N+](=O)[O-])C(=O)C2C1C1C=CC2C12CC2. The Morgan fingerprint density at radius 1 is 1.04 bits per heavy atom. The summed E-state index contributed by atoms with van der Waals surface area (Å²) in [5.41, 5.74) is 1.24. The molecular formula is C17H14N4O6. The smallest absolute Gasteiger partial charge is 0.273 e. The molecule has 1 aromatic carbocycles. The third kappa shape index (κ3) is 1.89. The summed E-state index contributed by atoms with van der Waals surface area (Å²) in [5, 5.41) is 23.2. The van der Waals surface area contributed by atoms with Crippen LogP contribution in [0, 0.1) is 49.3 Å². The molecule has 4 atom stereocenters. The highest BCUT2D eigenvalue weighted by Crippen LogP contribution is 2.72. The number of hydrazine groups is 1. The van der Waals surface area contributed by atoms with E-state index >= 15 is 0 Å². The number of anilines is 1. The van der Waals surface area contributed by atoms with Gasteiger partial charge in [-0.15, -0.1) is 0 Å². The maximum Gasteiger partial charge on any atom is 0.301 e. The van der Waals surface area contributed by atoms with Crippen molar-refractivity contribution in [3.8, 4) is 0 Å². The molecule has 2 amide bonds. The number of allylic oxidation sites excluding steroid dienone is 2. The zero-order valence-electron chi connectivity index (χ0n) is 13.9. The van der Waals surface area contributed by atoms with Gasteiger partial charge < -0.3 is 0 Å². The molecule has 0 aromatic heterocycles. The number of hydrogen-bond acceptors (Lipinski definition) is 6. The second kappa shape index (κ2) is 4.90. The van der Waals surface area contributed by atoms with E-state index in [9.17, 15) is 29.8 Å². The quantitative estimate of drug-likeness (QED) is 0.489. The monoisotopic (exact) mass is 370 g/mol. The van der Waals surface area contributed by atoms with Crippen molar-refractivity contribution in [2.75, 3.05) is 5.01 Å². The highest BCUT2D eigenvalue weighted by molar-refractivity contribution is 6.06. The Hall–Kier alpha value is -3.30. The van der Waals surface area contributed by atoms with Crippen LogP contribution in [-0.4, -0.2) is 21.7 Å². The van der Waals surface area contributed by atoms with Gasteiger partial charge in [0.15, 0.2) is 0 Å². The van der Waals surface area contributed by atoms with Crippen molar-refractivity contribution >= 4 is 28.9 Å². The van der Waals surface area contributed by atoms with E-state index in [2.05, 4.69) is 5.43 Å². The van der Waals surface area contributed by atoms with Gasteiger partial charge in [-0.3, -0.25) is 35.2 Å². The highest BCUT2D eigenvalue weighted by Gasteiger charge is 2.71. The molecule has 3 fully saturated rings. The van der Waals surface area contributed by atoms with E-state index < -0.39 is 39.0 Å². The first-order chi connectivity index (χ1) is 12.8. The number of nitrogens with one attached hydrogen (secondary N) is 1. The third-order valence-electron chi connectivity index (χ3n) is 6.48. The molecule has 2 saturated carbocycles. The van der Waals surface area contributed by atoms with Gasteiger partial charge in [0.1, 0.15) is 5.69 Å². The number of benzene rings is 1. The first-order valence-corrected chi connectivity index (χ1v) is 8.61. The minimum absolute atomic E-state index is 0.0141. The summed E-state index contributed by atoms with van der Waals surface area (Å²) in [5.74, 6) is -1.75. The molecule has 27 heavy (non-hydrogen) atoms. The molecule has 2 bridgehead atoms.